The van der Waals surface area contributed by atoms with Crippen molar-refractivity contribution in [1.82, 2.24) is 0 Å². The second kappa shape index (κ2) is 3.32. The molecule has 0 N–H and O–H groups in total. The van der Waals surface area contributed by atoms with Crippen molar-refractivity contribution in [3.05, 3.63) is 29.8 Å². The van der Waals surface area contributed by atoms with Gasteiger partial charge in [0.2, 0.25) is 5.60 Å². The third-order valence-electron chi connectivity index (χ3n) is 3.29. The van der Waals surface area contributed by atoms with E-state index >= 15 is 0 Å². The first-order chi connectivity index (χ1) is 8.19. The number of carbonyl (C=O) groups excluding carboxylic acids is 2. The van der Waals surface area contributed by atoms with E-state index in [1.807, 2.05) is 0 Å². The smallest absolute Gasteiger partial charge is 0.351 e. The van der Waals surface area contributed by atoms with Crippen molar-refractivity contribution in [2.45, 2.75) is 18.9 Å². The van der Waals surface area contributed by atoms with Gasteiger partial charge in [0.1, 0.15) is 5.75 Å². The molecule has 1 fully saturated rings. The monoisotopic (exact) mass is 232 g/mol. The van der Waals surface area contributed by atoms with Crippen LogP contribution in [-0.4, -0.2) is 24.0 Å². The third-order valence-corrected chi connectivity index (χ3v) is 3.29. The Hall–Kier alpha value is -1.84. The lowest BCUT2D eigenvalue weighted by molar-refractivity contribution is -0.154. The van der Waals surface area contributed by atoms with Crippen LogP contribution in [0.2, 0.25) is 0 Å². The minimum absolute atomic E-state index is 0.0140. The predicted molar refractivity (Wildman–Crippen MR) is 58.9 cm³/mol. The Labute approximate surface area is 98.5 Å². The molecule has 4 nitrogen and oxygen atoms in total. The van der Waals surface area contributed by atoms with Gasteiger partial charge in [-0.25, -0.2) is 4.79 Å². The van der Waals surface area contributed by atoms with Crippen LogP contribution in [0.1, 0.15) is 23.7 Å². The molecule has 2 atom stereocenters. The first kappa shape index (κ1) is 10.3. The number of ether oxygens (including phenoxy) is 2. The number of fused-ring (bicyclic) bond motifs is 2. The highest BCUT2D eigenvalue weighted by molar-refractivity contribution is 6.09. The largest absolute Gasteiger partial charge is 0.474 e. The lowest BCUT2D eigenvalue weighted by Crippen LogP contribution is -2.38. The summed E-state index contributed by atoms with van der Waals surface area (Å²) in [5, 5.41) is 0. The van der Waals surface area contributed by atoms with Crippen molar-refractivity contribution in [1.29, 1.82) is 0 Å². The molecule has 2 unspecified atom stereocenters. The van der Waals surface area contributed by atoms with Crippen LogP contribution in [0, 0.1) is 5.92 Å². The Bertz CT molecular complexity index is 508. The molecule has 0 bridgehead atoms. The summed E-state index contributed by atoms with van der Waals surface area (Å²) < 4.78 is 10.7. The highest BCUT2D eigenvalue weighted by atomic mass is 16.6. The van der Waals surface area contributed by atoms with Gasteiger partial charge in [0.05, 0.1) is 18.1 Å². The lowest BCUT2D eigenvalue weighted by atomic mass is 10.0. The van der Waals surface area contributed by atoms with Gasteiger partial charge in [-0.2, -0.15) is 0 Å². The molecule has 1 heterocycles. The molecule has 3 rings (SSSR count). The van der Waals surface area contributed by atoms with E-state index in [0.717, 1.165) is 0 Å². The molecule has 2 aliphatic rings. The van der Waals surface area contributed by atoms with E-state index in [1.165, 1.54) is 0 Å². The van der Waals surface area contributed by atoms with Gasteiger partial charge < -0.3 is 9.47 Å². The molecule has 1 aliphatic carbocycles. The summed E-state index contributed by atoms with van der Waals surface area (Å²) >= 11 is 0. The molecule has 1 saturated carbocycles. The number of Topliss-reactive ketones (excluding diaryl/α,β-unsaturated/α-hetero) is 1. The van der Waals surface area contributed by atoms with Crippen molar-refractivity contribution in [2.24, 2.45) is 5.92 Å². The topological polar surface area (TPSA) is 52.6 Å². The number of esters is 1. The van der Waals surface area contributed by atoms with Crippen LogP contribution in [0.25, 0.3) is 0 Å². The van der Waals surface area contributed by atoms with E-state index < -0.39 is 11.6 Å². The van der Waals surface area contributed by atoms with E-state index in [9.17, 15) is 9.59 Å². The average molecular weight is 232 g/mol. The van der Waals surface area contributed by atoms with E-state index in [2.05, 4.69) is 0 Å². The van der Waals surface area contributed by atoms with Gasteiger partial charge in [0.15, 0.2) is 5.78 Å². The van der Waals surface area contributed by atoms with E-state index in [4.69, 9.17) is 9.47 Å². The number of hydrogen-bond donors (Lipinski definition) is 0. The molecule has 0 amide bonds. The van der Waals surface area contributed by atoms with Crippen LogP contribution >= 0.6 is 0 Å². The number of carbonyl (C=O) groups is 2. The fourth-order valence-electron chi connectivity index (χ4n) is 2.33. The van der Waals surface area contributed by atoms with Crippen LogP contribution in [0.15, 0.2) is 24.3 Å². The van der Waals surface area contributed by atoms with Gasteiger partial charge in [-0.3, -0.25) is 4.79 Å². The maximum absolute atomic E-state index is 12.1. The first-order valence-electron chi connectivity index (χ1n) is 5.68. The number of hydrogen-bond acceptors (Lipinski definition) is 4. The minimum atomic E-state index is -1.04. The van der Waals surface area contributed by atoms with E-state index in [-0.39, 0.29) is 11.7 Å². The van der Waals surface area contributed by atoms with Crippen LogP contribution in [-0.2, 0) is 9.53 Å². The van der Waals surface area contributed by atoms with Crippen LogP contribution in [0.4, 0.5) is 0 Å². The molecule has 1 aromatic rings. The normalized spacial score (nSPS) is 28.8. The summed E-state index contributed by atoms with van der Waals surface area (Å²) in [5.41, 5.74) is -0.475. The summed E-state index contributed by atoms with van der Waals surface area (Å²) in [5.74, 6) is -0.316. The molecule has 1 aromatic carbocycles. The fourth-order valence-corrected chi connectivity index (χ4v) is 2.33. The summed E-state index contributed by atoms with van der Waals surface area (Å²) in [4.78, 5) is 23.9. The molecule has 0 saturated heterocycles. The fraction of sp³-hybridized carbons (Fsp3) is 0.385. The lowest BCUT2D eigenvalue weighted by Gasteiger charge is -2.23. The number of benzene rings is 1. The minimum Gasteiger partial charge on any atom is -0.474 e. The molecule has 1 aliphatic heterocycles. The molecular weight excluding hydrogens is 220 g/mol. The van der Waals surface area contributed by atoms with E-state index in [0.29, 0.717) is 24.3 Å². The van der Waals surface area contributed by atoms with E-state index in [1.54, 1.807) is 31.2 Å². The maximum Gasteiger partial charge on any atom is 0.351 e. The Morgan fingerprint density at radius 3 is 3.06 bits per heavy atom. The number of para-hydroxylation sites is 1. The zero-order valence-corrected chi connectivity index (χ0v) is 9.43. The first-order valence-corrected chi connectivity index (χ1v) is 5.68. The molecular formula is C13H12O4. The summed E-state index contributed by atoms with van der Waals surface area (Å²) in [6, 6.07) is 7.02. The van der Waals surface area contributed by atoms with Gasteiger partial charge in [-0.1, -0.05) is 12.1 Å². The summed E-state index contributed by atoms with van der Waals surface area (Å²) in [6.07, 6.45) is 0.430. The van der Waals surface area contributed by atoms with Crippen LogP contribution < -0.4 is 4.74 Å². The van der Waals surface area contributed by atoms with Gasteiger partial charge >= 0.3 is 5.97 Å². The quantitative estimate of drug-likeness (QED) is 0.726. The van der Waals surface area contributed by atoms with Gasteiger partial charge in [0, 0.05) is 6.42 Å². The Morgan fingerprint density at radius 1 is 1.53 bits per heavy atom. The molecule has 4 heteroatoms. The summed E-state index contributed by atoms with van der Waals surface area (Å²) in [6.45, 7) is 2.04. The van der Waals surface area contributed by atoms with Crippen LogP contribution in [0.3, 0.4) is 0 Å². The molecule has 0 radical (unpaired) electrons. The van der Waals surface area contributed by atoms with Crippen molar-refractivity contribution >= 4 is 11.8 Å². The highest BCUT2D eigenvalue weighted by Crippen LogP contribution is 2.54. The molecule has 0 aromatic heterocycles. The predicted octanol–water partition coefficient (Wildman–Crippen LogP) is 1.58. The summed E-state index contributed by atoms with van der Waals surface area (Å²) in [7, 11) is 0. The van der Waals surface area contributed by atoms with Crippen molar-refractivity contribution < 1.29 is 19.1 Å². The zero-order valence-electron chi connectivity index (χ0n) is 9.43. The van der Waals surface area contributed by atoms with Gasteiger partial charge in [-0.05, 0) is 19.1 Å². The standard InChI is InChI=1S/C13H12O4/c1-2-16-12(15)13-7-9(13)11(14)8-5-3-4-6-10(8)17-13/h3-6,9H,2,7H2,1H3. The molecule has 88 valence electrons. The zero-order chi connectivity index (χ0) is 12.0. The Morgan fingerprint density at radius 2 is 2.29 bits per heavy atom. The average Bonchev–Trinajstić information content (AvgIpc) is 3.06. The van der Waals surface area contributed by atoms with Crippen LogP contribution in [0.5, 0.6) is 5.75 Å². The molecule has 17 heavy (non-hydrogen) atoms. The Kier molecular flexibility index (Phi) is 2.02. The Balaban J connectivity index is 1.97. The maximum atomic E-state index is 12.1. The van der Waals surface area contributed by atoms with Gasteiger partial charge in [-0.15, -0.1) is 0 Å². The second-order valence-electron chi connectivity index (χ2n) is 4.33. The number of rotatable bonds is 2. The SMILES string of the molecule is CCOC(=O)C12CC1C(=O)c1ccccc1O2. The second-order valence-corrected chi connectivity index (χ2v) is 4.33. The molecule has 0 spiro atoms. The highest BCUT2D eigenvalue weighted by Gasteiger charge is 2.70. The van der Waals surface area contributed by atoms with Crippen molar-refractivity contribution in [3.8, 4) is 5.75 Å². The van der Waals surface area contributed by atoms with Gasteiger partial charge in [0.25, 0.3) is 0 Å². The third kappa shape index (κ3) is 1.30. The number of ketones is 1. The van der Waals surface area contributed by atoms with Crippen molar-refractivity contribution in [3.63, 3.8) is 0 Å². The van der Waals surface area contributed by atoms with Crippen molar-refractivity contribution in [2.75, 3.05) is 6.61 Å².